The molecule has 0 bridgehead atoms. The molecule has 1 aliphatic heterocycles. The van der Waals surface area contributed by atoms with Gasteiger partial charge in [0.15, 0.2) is 6.61 Å². The van der Waals surface area contributed by atoms with E-state index in [9.17, 15) is 4.79 Å². The van der Waals surface area contributed by atoms with E-state index >= 15 is 0 Å². The van der Waals surface area contributed by atoms with Crippen molar-refractivity contribution in [3.8, 4) is 23.0 Å². The lowest BCUT2D eigenvalue weighted by molar-refractivity contribution is -0.135. The van der Waals surface area contributed by atoms with Gasteiger partial charge in [0, 0.05) is 18.4 Å². The highest BCUT2D eigenvalue weighted by Gasteiger charge is 2.33. The third kappa shape index (κ3) is 5.16. The van der Waals surface area contributed by atoms with E-state index in [0.29, 0.717) is 24.0 Å². The summed E-state index contributed by atoms with van der Waals surface area (Å²) in [5, 5.41) is 16.4. The predicted molar refractivity (Wildman–Crippen MR) is 137 cm³/mol. The Hall–Kier alpha value is -3.98. The smallest absolute Gasteiger partial charge is 0.281 e. The maximum Gasteiger partial charge on any atom is 0.281 e. The zero-order valence-electron chi connectivity index (χ0n) is 20.1. The number of benzene rings is 2. The van der Waals surface area contributed by atoms with Crippen LogP contribution in [0.15, 0.2) is 75.6 Å². The van der Waals surface area contributed by atoms with Crippen molar-refractivity contribution in [1.82, 2.24) is 15.2 Å². The van der Waals surface area contributed by atoms with E-state index in [-0.39, 0.29) is 18.6 Å². The number of rotatable bonds is 9. The molecule has 5 rings (SSSR count). The second-order valence-corrected chi connectivity index (χ2v) is 9.27. The van der Waals surface area contributed by atoms with Crippen LogP contribution in [0.5, 0.6) is 11.5 Å². The Morgan fingerprint density at radius 3 is 2.56 bits per heavy atom. The summed E-state index contributed by atoms with van der Waals surface area (Å²) in [4.78, 5) is 14.3. The van der Waals surface area contributed by atoms with E-state index in [1.54, 1.807) is 35.6 Å². The van der Waals surface area contributed by atoms with Gasteiger partial charge in [0.1, 0.15) is 11.5 Å². The van der Waals surface area contributed by atoms with Gasteiger partial charge in [0.2, 0.25) is 11.8 Å². The van der Waals surface area contributed by atoms with E-state index in [1.807, 2.05) is 53.9 Å². The minimum absolute atomic E-state index is 0.131. The number of hydrogen-bond donors (Lipinski definition) is 0. The molecule has 0 spiro atoms. The van der Waals surface area contributed by atoms with Gasteiger partial charge in [0.25, 0.3) is 5.91 Å². The number of hydrazone groups is 1. The Balaban J connectivity index is 1.28. The Labute approximate surface area is 213 Å². The van der Waals surface area contributed by atoms with E-state index in [0.717, 1.165) is 40.3 Å². The summed E-state index contributed by atoms with van der Waals surface area (Å²) in [6.45, 7) is 1.93. The number of thiophene rings is 1. The first kappa shape index (κ1) is 23.7. The summed E-state index contributed by atoms with van der Waals surface area (Å²) in [5.41, 5.74) is 2.68. The van der Waals surface area contributed by atoms with E-state index in [1.165, 1.54) is 0 Å². The molecule has 1 atom stereocenters. The molecule has 184 valence electrons. The van der Waals surface area contributed by atoms with Crippen LogP contribution >= 0.6 is 11.3 Å². The molecule has 2 aromatic carbocycles. The van der Waals surface area contributed by atoms with E-state index in [2.05, 4.69) is 22.2 Å². The largest absolute Gasteiger partial charge is 0.497 e. The van der Waals surface area contributed by atoms with Crippen molar-refractivity contribution in [2.45, 2.75) is 32.2 Å². The van der Waals surface area contributed by atoms with Crippen LogP contribution in [-0.2, 0) is 11.2 Å². The van der Waals surface area contributed by atoms with Crippen molar-refractivity contribution >= 4 is 23.0 Å². The Bertz CT molecular complexity index is 1330. The van der Waals surface area contributed by atoms with Crippen LogP contribution in [0.1, 0.15) is 42.1 Å². The number of amides is 1. The molecule has 0 radical (unpaired) electrons. The molecule has 0 aliphatic carbocycles. The summed E-state index contributed by atoms with van der Waals surface area (Å²) in [5.74, 6) is 2.22. The third-order valence-corrected chi connectivity index (χ3v) is 6.79. The minimum Gasteiger partial charge on any atom is -0.497 e. The van der Waals surface area contributed by atoms with Gasteiger partial charge in [-0.3, -0.25) is 4.79 Å². The molecule has 1 aliphatic rings. The summed E-state index contributed by atoms with van der Waals surface area (Å²) in [6.07, 6.45) is 2.33. The average molecular weight is 503 g/mol. The standard InChI is InChI=1S/C27H26N4O4S/c1-3-5-25-28-29-27(35-25)19-9-13-21(14-10-19)34-17-26(32)31-23(18-7-11-20(33-2)12-8-18)16-22(30-31)24-6-4-15-36-24/h4,6-15,23H,3,5,16-17H2,1-2H3. The first-order chi connectivity index (χ1) is 17.6. The molecule has 0 saturated carbocycles. The van der Waals surface area contributed by atoms with E-state index in [4.69, 9.17) is 13.9 Å². The van der Waals surface area contributed by atoms with Crippen molar-refractivity contribution in [2.24, 2.45) is 5.10 Å². The highest BCUT2D eigenvalue weighted by atomic mass is 32.1. The second-order valence-electron chi connectivity index (χ2n) is 8.32. The molecule has 1 unspecified atom stereocenters. The molecule has 3 heterocycles. The first-order valence-corrected chi connectivity index (χ1v) is 12.7. The number of aryl methyl sites for hydroxylation is 1. The zero-order valence-corrected chi connectivity index (χ0v) is 20.9. The monoisotopic (exact) mass is 502 g/mol. The van der Waals surface area contributed by atoms with Gasteiger partial charge >= 0.3 is 0 Å². The van der Waals surface area contributed by atoms with Crippen LogP contribution in [0.4, 0.5) is 0 Å². The first-order valence-electron chi connectivity index (χ1n) is 11.8. The number of carbonyl (C=O) groups is 1. The van der Waals surface area contributed by atoms with Crippen LogP contribution in [0, 0.1) is 0 Å². The van der Waals surface area contributed by atoms with Gasteiger partial charge in [-0.2, -0.15) is 5.10 Å². The Morgan fingerprint density at radius 1 is 1.08 bits per heavy atom. The minimum atomic E-state index is -0.215. The number of methoxy groups -OCH3 is 1. The van der Waals surface area contributed by atoms with Crippen LogP contribution in [0.3, 0.4) is 0 Å². The number of ether oxygens (including phenoxy) is 2. The number of hydrogen-bond acceptors (Lipinski definition) is 8. The van der Waals surface area contributed by atoms with Gasteiger partial charge in [0.05, 0.1) is 23.7 Å². The Kier molecular flexibility index (Phi) is 7.08. The summed E-state index contributed by atoms with van der Waals surface area (Å²) < 4.78 is 16.8. The molecule has 2 aromatic heterocycles. The van der Waals surface area contributed by atoms with Gasteiger partial charge in [-0.05, 0) is 59.8 Å². The zero-order chi connectivity index (χ0) is 24.9. The van der Waals surface area contributed by atoms with Crippen molar-refractivity contribution in [1.29, 1.82) is 0 Å². The van der Waals surface area contributed by atoms with Crippen molar-refractivity contribution < 1.29 is 18.7 Å². The topological polar surface area (TPSA) is 90.1 Å². The fourth-order valence-electron chi connectivity index (χ4n) is 4.01. The highest BCUT2D eigenvalue weighted by molar-refractivity contribution is 7.12. The number of carbonyl (C=O) groups excluding carboxylic acids is 1. The van der Waals surface area contributed by atoms with E-state index < -0.39 is 0 Å². The van der Waals surface area contributed by atoms with Crippen molar-refractivity contribution in [3.05, 3.63) is 82.4 Å². The van der Waals surface area contributed by atoms with Crippen molar-refractivity contribution in [2.75, 3.05) is 13.7 Å². The van der Waals surface area contributed by atoms with Gasteiger partial charge in [-0.25, -0.2) is 5.01 Å². The summed E-state index contributed by atoms with van der Waals surface area (Å²) in [7, 11) is 1.63. The lowest BCUT2D eigenvalue weighted by atomic mass is 10.0. The fraction of sp³-hybridized carbons (Fsp3) is 0.259. The SMILES string of the molecule is CCCc1nnc(-c2ccc(OCC(=O)N3N=C(c4cccs4)CC3c3ccc(OC)cc3)cc2)o1. The normalized spacial score (nSPS) is 15.1. The molecule has 9 heteroatoms. The lowest BCUT2D eigenvalue weighted by Gasteiger charge is -2.22. The molecule has 36 heavy (non-hydrogen) atoms. The number of nitrogens with zero attached hydrogens (tertiary/aromatic N) is 4. The van der Waals surface area contributed by atoms with Gasteiger partial charge < -0.3 is 13.9 Å². The maximum atomic E-state index is 13.2. The van der Waals surface area contributed by atoms with Gasteiger partial charge in [-0.1, -0.05) is 25.1 Å². The molecule has 0 fully saturated rings. The van der Waals surface area contributed by atoms with Crippen LogP contribution in [-0.4, -0.2) is 40.5 Å². The van der Waals surface area contributed by atoms with Crippen LogP contribution in [0.25, 0.3) is 11.5 Å². The molecule has 8 nitrogen and oxygen atoms in total. The maximum absolute atomic E-state index is 13.2. The summed E-state index contributed by atoms with van der Waals surface area (Å²) >= 11 is 1.61. The fourth-order valence-corrected chi connectivity index (χ4v) is 4.73. The molecular weight excluding hydrogens is 476 g/mol. The van der Waals surface area contributed by atoms with Crippen LogP contribution in [0.2, 0.25) is 0 Å². The average Bonchev–Trinajstić information content (AvgIpc) is 3.69. The molecule has 4 aromatic rings. The predicted octanol–water partition coefficient (Wildman–Crippen LogP) is 5.52. The quantitative estimate of drug-likeness (QED) is 0.300. The second kappa shape index (κ2) is 10.7. The highest BCUT2D eigenvalue weighted by Crippen LogP contribution is 2.34. The molecule has 0 N–H and O–H groups in total. The molecule has 0 saturated heterocycles. The van der Waals surface area contributed by atoms with Crippen molar-refractivity contribution in [3.63, 3.8) is 0 Å². The van der Waals surface area contributed by atoms with Crippen LogP contribution < -0.4 is 9.47 Å². The molecule has 1 amide bonds. The van der Waals surface area contributed by atoms with Gasteiger partial charge in [-0.15, -0.1) is 21.5 Å². The summed E-state index contributed by atoms with van der Waals surface area (Å²) in [6, 6.07) is 18.8. The number of aromatic nitrogens is 2. The lowest BCUT2D eigenvalue weighted by Crippen LogP contribution is -2.31. The third-order valence-electron chi connectivity index (χ3n) is 5.87. The molecular formula is C27H26N4O4S. The Morgan fingerprint density at radius 2 is 1.86 bits per heavy atom.